The number of imidazole rings is 1. The molecule has 1 atom stereocenters. The summed E-state index contributed by atoms with van der Waals surface area (Å²) in [5, 5.41) is 0. The zero-order valence-corrected chi connectivity index (χ0v) is 15.9. The van der Waals surface area contributed by atoms with Crippen LogP contribution >= 0.6 is 0 Å². The molecule has 0 aliphatic carbocycles. The number of amides is 1. The molecule has 0 radical (unpaired) electrons. The Hall–Kier alpha value is -1.96. The van der Waals surface area contributed by atoms with Gasteiger partial charge in [0.25, 0.3) is 0 Å². The first-order chi connectivity index (χ1) is 13.2. The number of aromatic nitrogens is 2. The van der Waals surface area contributed by atoms with E-state index in [4.69, 9.17) is 4.74 Å². The lowest BCUT2D eigenvalue weighted by atomic mass is 9.96. The molecule has 1 amide bonds. The topological polar surface area (TPSA) is 53.3 Å². The Bertz CT molecular complexity index is 844. The highest BCUT2D eigenvalue weighted by atomic mass is 16.5. The van der Waals surface area contributed by atoms with Crippen LogP contribution in [0.4, 0.5) is 0 Å². The fourth-order valence-electron chi connectivity index (χ4n) is 5.27. The van der Waals surface area contributed by atoms with Crippen molar-refractivity contribution in [2.45, 2.75) is 38.0 Å². The third kappa shape index (κ3) is 2.60. The van der Waals surface area contributed by atoms with E-state index in [1.807, 2.05) is 24.4 Å². The number of nitrogens with zero attached hydrogens (tertiary/aromatic N) is 5. The van der Waals surface area contributed by atoms with Crippen molar-refractivity contribution in [3.63, 3.8) is 0 Å². The molecule has 5 rings (SSSR count). The standard InChI is InChI=1S/C20H27N5O2/c1-2-24-19(26)17-15-22(9-10-25(17)20(24)6-11-27-12-7-20)14-16-13-21-18-5-3-4-8-23(16)18/h3-5,8,13,17H,2,6-7,9-12,14-15H2,1H3/t17-/m1/s1. The van der Waals surface area contributed by atoms with E-state index in [2.05, 4.69) is 37.2 Å². The fourth-order valence-corrected chi connectivity index (χ4v) is 5.27. The minimum absolute atomic E-state index is 0.0315. The van der Waals surface area contributed by atoms with Crippen LogP contribution in [0.2, 0.25) is 0 Å². The molecule has 3 fully saturated rings. The first-order valence-corrected chi connectivity index (χ1v) is 10.0. The van der Waals surface area contributed by atoms with Crippen molar-refractivity contribution >= 4 is 11.6 Å². The third-order valence-corrected chi connectivity index (χ3v) is 6.54. The quantitative estimate of drug-likeness (QED) is 0.814. The Morgan fingerprint density at radius 2 is 2.11 bits per heavy atom. The molecule has 5 heterocycles. The van der Waals surface area contributed by atoms with Crippen LogP contribution in [0.15, 0.2) is 30.6 Å². The number of pyridine rings is 1. The molecule has 2 aromatic heterocycles. The van der Waals surface area contributed by atoms with E-state index in [0.29, 0.717) is 5.91 Å². The van der Waals surface area contributed by atoms with E-state index in [1.165, 1.54) is 5.69 Å². The molecule has 144 valence electrons. The maximum Gasteiger partial charge on any atom is 0.242 e. The number of ether oxygens (including phenoxy) is 1. The predicted molar refractivity (Wildman–Crippen MR) is 101 cm³/mol. The van der Waals surface area contributed by atoms with Gasteiger partial charge in [-0.15, -0.1) is 0 Å². The molecular weight excluding hydrogens is 342 g/mol. The van der Waals surface area contributed by atoms with Gasteiger partial charge in [-0.05, 0) is 19.1 Å². The minimum atomic E-state index is -0.121. The molecule has 2 aromatic rings. The first kappa shape index (κ1) is 17.2. The monoisotopic (exact) mass is 369 g/mol. The van der Waals surface area contributed by atoms with Crippen molar-refractivity contribution in [2.75, 3.05) is 39.4 Å². The van der Waals surface area contributed by atoms with Crippen LogP contribution in [0.25, 0.3) is 5.65 Å². The van der Waals surface area contributed by atoms with E-state index < -0.39 is 0 Å². The van der Waals surface area contributed by atoms with E-state index >= 15 is 0 Å². The zero-order valence-electron chi connectivity index (χ0n) is 15.9. The Labute approximate surface area is 159 Å². The Morgan fingerprint density at radius 3 is 2.93 bits per heavy atom. The second-order valence-electron chi connectivity index (χ2n) is 7.80. The van der Waals surface area contributed by atoms with Gasteiger partial charge in [-0.1, -0.05) is 6.07 Å². The van der Waals surface area contributed by atoms with Crippen LogP contribution in [0.5, 0.6) is 0 Å². The molecule has 3 saturated heterocycles. The summed E-state index contributed by atoms with van der Waals surface area (Å²) in [5.41, 5.74) is 2.03. The smallest absolute Gasteiger partial charge is 0.242 e. The van der Waals surface area contributed by atoms with E-state index in [0.717, 1.165) is 64.4 Å². The molecule has 0 unspecified atom stereocenters. The van der Waals surface area contributed by atoms with E-state index in [9.17, 15) is 4.79 Å². The van der Waals surface area contributed by atoms with Gasteiger partial charge in [0.2, 0.25) is 5.91 Å². The van der Waals surface area contributed by atoms with Crippen LogP contribution in [0.3, 0.4) is 0 Å². The summed E-state index contributed by atoms with van der Waals surface area (Å²) in [6.07, 6.45) is 5.87. The lowest BCUT2D eigenvalue weighted by Gasteiger charge is -2.48. The zero-order chi connectivity index (χ0) is 18.4. The van der Waals surface area contributed by atoms with Gasteiger partial charge in [-0.2, -0.15) is 0 Å². The fraction of sp³-hybridized carbons (Fsp3) is 0.600. The number of hydrogen-bond acceptors (Lipinski definition) is 5. The lowest BCUT2D eigenvalue weighted by Crippen LogP contribution is -2.61. The summed E-state index contributed by atoms with van der Waals surface area (Å²) >= 11 is 0. The molecule has 0 aromatic carbocycles. The van der Waals surface area contributed by atoms with Gasteiger partial charge < -0.3 is 14.0 Å². The summed E-state index contributed by atoms with van der Waals surface area (Å²) < 4.78 is 7.75. The van der Waals surface area contributed by atoms with Gasteiger partial charge in [0, 0.05) is 51.8 Å². The molecule has 7 heteroatoms. The third-order valence-electron chi connectivity index (χ3n) is 6.54. The van der Waals surface area contributed by atoms with Crippen molar-refractivity contribution in [3.05, 3.63) is 36.3 Å². The summed E-state index contributed by atoms with van der Waals surface area (Å²) in [7, 11) is 0. The van der Waals surface area contributed by atoms with Gasteiger partial charge in [0.1, 0.15) is 17.4 Å². The molecule has 3 aliphatic heterocycles. The number of carbonyl (C=O) groups excluding carboxylic acids is 1. The second-order valence-corrected chi connectivity index (χ2v) is 7.80. The molecule has 0 saturated carbocycles. The van der Waals surface area contributed by atoms with Gasteiger partial charge in [-0.3, -0.25) is 14.6 Å². The SMILES string of the molecule is CCN1C(=O)[C@H]2CN(Cc3cnc4ccccn34)CCN2C12CCOCC2. The Kier molecular flexibility index (Phi) is 4.18. The first-order valence-electron chi connectivity index (χ1n) is 10.0. The number of carbonyl (C=O) groups is 1. The number of hydrogen-bond donors (Lipinski definition) is 0. The number of likely N-dealkylation sites (N-methyl/N-ethyl adjacent to an activating group) is 1. The highest BCUT2D eigenvalue weighted by Crippen LogP contribution is 2.41. The highest BCUT2D eigenvalue weighted by Gasteiger charge is 2.57. The Morgan fingerprint density at radius 1 is 1.26 bits per heavy atom. The van der Waals surface area contributed by atoms with Crippen molar-refractivity contribution in [3.8, 4) is 0 Å². The molecule has 0 N–H and O–H groups in total. The Balaban J connectivity index is 1.37. The van der Waals surface area contributed by atoms with Gasteiger partial charge in [0.15, 0.2) is 0 Å². The van der Waals surface area contributed by atoms with Crippen molar-refractivity contribution in [2.24, 2.45) is 0 Å². The van der Waals surface area contributed by atoms with Gasteiger partial charge in [-0.25, -0.2) is 4.98 Å². The normalized spacial score (nSPS) is 26.2. The second kappa shape index (κ2) is 6.58. The summed E-state index contributed by atoms with van der Waals surface area (Å²) in [4.78, 5) is 24.7. The predicted octanol–water partition coefficient (Wildman–Crippen LogP) is 1.19. The van der Waals surface area contributed by atoms with Crippen LogP contribution in [-0.2, 0) is 16.1 Å². The van der Waals surface area contributed by atoms with E-state index in [-0.39, 0.29) is 11.7 Å². The summed E-state index contributed by atoms with van der Waals surface area (Å²) in [6.45, 7) is 7.90. The number of rotatable bonds is 3. The van der Waals surface area contributed by atoms with Crippen LogP contribution < -0.4 is 0 Å². The minimum Gasteiger partial charge on any atom is -0.381 e. The average Bonchev–Trinajstić information content (AvgIpc) is 3.20. The van der Waals surface area contributed by atoms with Gasteiger partial charge in [0.05, 0.1) is 25.1 Å². The van der Waals surface area contributed by atoms with Gasteiger partial charge >= 0.3 is 0 Å². The van der Waals surface area contributed by atoms with Crippen molar-refractivity contribution < 1.29 is 9.53 Å². The summed E-state index contributed by atoms with van der Waals surface area (Å²) in [5.74, 6) is 0.294. The van der Waals surface area contributed by atoms with E-state index in [1.54, 1.807) is 0 Å². The van der Waals surface area contributed by atoms with Crippen molar-refractivity contribution in [1.82, 2.24) is 24.1 Å². The molecule has 27 heavy (non-hydrogen) atoms. The van der Waals surface area contributed by atoms with Crippen LogP contribution in [0.1, 0.15) is 25.5 Å². The number of fused-ring (bicyclic) bond motifs is 3. The average molecular weight is 369 g/mol. The maximum atomic E-state index is 13.2. The lowest BCUT2D eigenvalue weighted by molar-refractivity contribution is -0.135. The van der Waals surface area contributed by atoms with Crippen LogP contribution in [0, 0.1) is 0 Å². The largest absolute Gasteiger partial charge is 0.381 e. The number of piperazine rings is 1. The van der Waals surface area contributed by atoms with Crippen molar-refractivity contribution in [1.29, 1.82) is 0 Å². The highest BCUT2D eigenvalue weighted by molar-refractivity contribution is 5.85. The summed E-state index contributed by atoms with van der Waals surface area (Å²) in [6, 6.07) is 6.03. The molecule has 0 bridgehead atoms. The molecule has 1 spiro atoms. The van der Waals surface area contributed by atoms with Crippen LogP contribution in [-0.4, -0.2) is 81.1 Å². The molecular formula is C20H27N5O2. The molecule has 7 nitrogen and oxygen atoms in total. The maximum absolute atomic E-state index is 13.2. The molecule has 3 aliphatic rings.